The summed E-state index contributed by atoms with van der Waals surface area (Å²) in [5.74, 6) is 0. The van der Waals surface area contributed by atoms with Crippen molar-refractivity contribution in [3.63, 3.8) is 0 Å². The van der Waals surface area contributed by atoms with Gasteiger partial charge in [-0.3, -0.25) is 10.1 Å². The molecule has 0 saturated heterocycles. The molecule has 0 fully saturated rings. The van der Waals surface area contributed by atoms with E-state index in [-0.39, 0.29) is 11.7 Å². The maximum Gasteiger partial charge on any atom is 0.269 e. The van der Waals surface area contributed by atoms with Crippen molar-refractivity contribution in [2.24, 2.45) is 0 Å². The predicted molar refractivity (Wildman–Crippen MR) is 65.9 cm³/mol. The number of nitrogens with zero attached hydrogens (tertiary/aromatic N) is 3. The van der Waals surface area contributed by atoms with Crippen LogP contribution in [-0.4, -0.2) is 18.0 Å². The third-order valence-electron chi connectivity index (χ3n) is 2.82. The summed E-state index contributed by atoms with van der Waals surface area (Å²) in [4.78, 5) is 12.2. The van der Waals surface area contributed by atoms with Crippen molar-refractivity contribution >= 4 is 11.4 Å². The minimum Gasteiger partial charge on any atom is -0.371 e. The van der Waals surface area contributed by atoms with Gasteiger partial charge < -0.3 is 4.90 Å². The van der Waals surface area contributed by atoms with Crippen molar-refractivity contribution in [2.45, 2.75) is 26.3 Å². The van der Waals surface area contributed by atoms with Crippen molar-refractivity contribution in [3.05, 3.63) is 33.9 Å². The molecule has 0 aliphatic carbocycles. The fourth-order valence-corrected chi connectivity index (χ4v) is 1.66. The maximum atomic E-state index is 10.6. The van der Waals surface area contributed by atoms with Gasteiger partial charge in [0.05, 0.1) is 17.4 Å². The standard InChI is InChI=1S/C12H15N3O2/c1-9-8-11(15(16)17)4-5-12(9)14(3)10(2)6-7-13/h4-5,8,10H,6H2,1-3H3. The Bertz CT molecular complexity index is 465. The summed E-state index contributed by atoms with van der Waals surface area (Å²) in [5.41, 5.74) is 1.84. The second-order valence-corrected chi connectivity index (χ2v) is 4.05. The average Bonchev–Trinajstić information content (AvgIpc) is 2.28. The molecule has 1 aromatic rings. The number of anilines is 1. The summed E-state index contributed by atoms with van der Waals surface area (Å²) in [6, 6.07) is 6.95. The number of rotatable bonds is 4. The Labute approximate surface area is 100 Å². The first kappa shape index (κ1) is 13.0. The molecule has 0 aliphatic heterocycles. The number of non-ortho nitro benzene ring substituents is 1. The molecule has 0 bridgehead atoms. The molecule has 0 N–H and O–H groups in total. The highest BCUT2D eigenvalue weighted by molar-refractivity contribution is 5.57. The van der Waals surface area contributed by atoms with Crippen LogP contribution in [0.5, 0.6) is 0 Å². The second-order valence-electron chi connectivity index (χ2n) is 4.05. The third kappa shape index (κ3) is 2.94. The second kappa shape index (κ2) is 5.30. The van der Waals surface area contributed by atoms with E-state index in [1.807, 2.05) is 25.8 Å². The van der Waals surface area contributed by atoms with Crippen LogP contribution in [0.15, 0.2) is 18.2 Å². The van der Waals surface area contributed by atoms with Gasteiger partial charge >= 0.3 is 0 Å². The van der Waals surface area contributed by atoms with Crippen molar-refractivity contribution in [3.8, 4) is 6.07 Å². The molecule has 0 saturated carbocycles. The van der Waals surface area contributed by atoms with Crippen molar-refractivity contribution < 1.29 is 4.92 Å². The molecular formula is C12H15N3O2. The number of hydrogen-bond donors (Lipinski definition) is 0. The van der Waals surface area contributed by atoms with Gasteiger partial charge in [-0.15, -0.1) is 0 Å². The van der Waals surface area contributed by atoms with Crippen LogP contribution in [0.25, 0.3) is 0 Å². The lowest BCUT2D eigenvalue weighted by Gasteiger charge is -2.26. The molecular weight excluding hydrogens is 218 g/mol. The van der Waals surface area contributed by atoms with Gasteiger partial charge in [-0.2, -0.15) is 5.26 Å². The number of nitro groups is 1. The van der Waals surface area contributed by atoms with E-state index in [0.717, 1.165) is 11.3 Å². The molecule has 17 heavy (non-hydrogen) atoms. The summed E-state index contributed by atoms with van der Waals surface area (Å²) in [5, 5.41) is 19.3. The Morgan fingerprint density at radius 1 is 1.59 bits per heavy atom. The van der Waals surface area contributed by atoms with Gasteiger partial charge in [-0.25, -0.2) is 0 Å². The largest absolute Gasteiger partial charge is 0.371 e. The van der Waals surface area contributed by atoms with Crippen LogP contribution in [0, 0.1) is 28.4 Å². The van der Waals surface area contributed by atoms with Gasteiger partial charge in [0.1, 0.15) is 0 Å². The summed E-state index contributed by atoms with van der Waals surface area (Å²) in [6.07, 6.45) is 0.424. The zero-order valence-corrected chi connectivity index (χ0v) is 10.2. The summed E-state index contributed by atoms with van der Waals surface area (Å²) >= 11 is 0. The quantitative estimate of drug-likeness (QED) is 0.592. The molecule has 0 amide bonds. The first-order chi connectivity index (χ1) is 7.97. The van der Waals surface area contributed by atoms with E-state index in [1.165, 1.54) is 6.07 Å². The molecule has 0 heterocycles. The van der Waals surface area contributed by atoms with Crippen LogP contribution in [0.1, 0.15) is 18.9 Å². The molecule has 0 aliphatic rings. The minimum atomic E-state index is -0.407. The van der Waals surface area contributed by atoms with Crippen LogP contribution in [0.3, 0.4) is 0 Å². The summed E-state index contributed by atoms with van der Waals surface area (Å²) in [7, 11) is 1.89. The van der Waals surface area contributed by atoms with E-state index in [0.29, 0.717) is 6.42 Å². The number of aryl methyl sites for hydroxylation is 1. The lowest BCUT2D eigenvalue weighted by Crippen LogP contribution is -2.28. The van der Waals surface area contributed by atoms with Crippen molar-refractivity contribution in [1.29, 1.82) is 5.26 Å². The zero-order valence-electron chi connectivity index (χ0n) is 10.2. The molecule has 1 unspecified atom stereocenters. The van der Waals surface area contributed by atoms with Gasteiger partial charge in [0.25, 0.3) is 5.69 Å². The van der Waals surface area contributed by atoms with Crippen LogP contribution in [-0.2, 0) is 0 Å². The van der Waals surface area contributed by atoms with Gasteiger partial charge in [0.2, 0.25) is 0 Å². The zero-order chi connectivity index (χ0) is 13.0. The molecule has 0 radical (unpaired) electrons. The highest BCUT2D eigenvalue weighted by Gasteiger charge is 2.14. The Kier molecular flexibility index (Phi) is 4.05. The number of nitro benzene ring substituents is 1. The predicted octanol–water partition coefficient (Wildman–Crippen LogP) is 2.64. The first-order valence-corrected chi connectivity index (χ1v) is 5.32. The molecule has 90 valence electrons. The highest BCUT2D eigenvalue weighted by atomic mass is 16.6. The Morgan fingerprint density at radius 2 is 2.24 bits per heavy atom. The molecule has 5 nitrogen and oxygen atoms in total. The molecule has 1 atom stereocenters. The van der Waals surface area contributed by atoms with Gasteiger partial charge in [-0.05, 0) is 25.5 Å². The van der Waals surface area contributed by atoms with E-state index in [9.17, 15) is 10.1 Å². The first-order valence-electron chi connectivity index (χ1n) is 5.32. The van der Waals surface area contributed by atoms with E-state index < -0.39 is 4.92 Å². The fraction of sp³-hybridized carbons (Fsp3) is 0.417. The van der Waals surface area contributed by atoms with E-state index in [1.54, 1.807) is 12.1 Å². The lowest BCUT2D eigenvalue weighted by atomic mass is 10.1. The van der Waals surface area contributed by atoms with E-state index >= 15 is 0 Å². The maximum absolute atomic E-state index is 10.6. The normalized spacial score (nSPS) is 11.6. The average molecular weight is 233 g/mol. The molecule has 1 aromatic carbocycles. The van der Waals surface area contributed by atoms with Crippen molar-refractivity contribution in [2.75, 3.05) is 11.9 Å². The fourth-order valence-electron chi connectivity index (χ4n) is 1.66. The Balaban J connectivity index is 3.00. The molecule has 0 aromatic heterocycles. The Hall–Kier alpha value is -2.09. The van der Waals surface area contributed by atoms with Crippen LogP contribution < -0.4 is 4.90 Å². The smallest absolute Gasteiger partial charge is 0.269 e. The Morgan fingerprint density at radius 3 is 2.71 bits per heavy atom. The summed E-state index contributed by atoms with van der Waals surface area (Å²) in [6.45, 7) is 3.78. The van der Waals surface area contributed by atoms with Gasteiger partial charge in [0, 0.05) is 30.9 Å². The molecule has 5 heteroatoms. The highest BCUT2D eigenvalue weighted by Crippen LogP contribution is 2.25. The van der Waals surface area contributed by atoms with Gasteiger partial charge in [-0.1, -0.05) is 0 Å². The molecule has 1 rings (SSSR count). The van der Waals surface area contributed by atoms with E-state index in [4.69, 9.17) is 5.26 Å². The van der Waals surface area contributed by atoms with Crippen LogP contribution in [0.4, 0.5) is 11.4 Å². The van der Waals surface area contributed by atoms with Crippen molar-refractivity contribution in [1.82, 2.24) is 0 Å². The third-order valence-corrected chi connectivity index (χ3v) is 2.82. The minimum absolute atomic E-state index is 0.0835. The topological polar surface area (TPSA) is 70.2 Å². The number of hydrogen-bond acceptors (Lipinski definition) is 4. The number of benzene rings is 1. The summed E-state index contributed by atoms with van der Waals surface area (Å²) < 4.78 is 0. The van der Waals surface area contributed by atoms with Crippen LogP contribution >= 0.6 is 0 Å². The van der Waals surface area contributed by atoms with E-state index in [2.05, 4.69) is 6.07 Å². The number of nitriles is 1. The molecule has 0 spiro atoms. The lowest BCUT2D eigenvalue weighted by molar-refractivity contribution is -0.384. The van der Waals surface area contributed by atoms with Crippen LogP contribution in [0.2, 0.25) is 0 Å². The SMILES string of the molecule is Cc1cc([N+](=O)[O-])ccc1N(C)C(C)CC#N. The monoisotopic (exact) mass is 233 g/mol. The van der Waals surface area contributed by atoms with Gasteiger partial charge in [0.15, 0.2) is 0 Å².